The molecule has 106 valence electrons. The molecule has 1 aliphatic rings. The number of nitrogens with zero attached hydrogens (tertiary/aromatic N) is 1. The summed E-state index contributed by atoms with van der Waals surface area (Å²) in [4.78, 5) is 5.74. The third kappa shape index (κ3) is 4.65. The van der Waals surface area contributed by atoms with Gasteiger partial charge in [0, 0.05) is 0 Å². The Labute approximate surface area is 117 Å². The molecule has 0 amide bonds. The third-order valence-electron chi connectivity index (χ3n) is 3.84. The standard InChI is InChI=1S/3C4H9.C2H3N2O.Sn/c3*1-3-4-2;1-2-5-4-3-1;/h3*1,3-4H2,2H3;1-3H;/q;;;-1;+1. The molecule has 1 N–H and O–H groups in total. The zero-order valence-corrected chi connectivity index (χ0v) is 15.2. The first-order chi connectivity index (χ1) is 8.79. The van der Waals surface area contributed by atoms with E-state index in [2.05, 4.69) is 29.6 Å². The second-order valence-electron chi connectivity index (χ2n) is 5.37. The van der Waals surface area contributed by atoms with Gasteiger partial charge in [-0.1, -0.05) is 0 Å². The molecule has 4 heteroatoms. The van der Waals surface area contributed by atoms with Gasteiger partial charge in [-0.05, 0) is 0 Å². The molecule has 0 aromatic rings. The van der Waals surface area contributed by atoms with Crippen molar-refractivity contribution in [3.05, 3.63) is 12.5 Å². The Kier molecular flexibility index (Phi) is 8.14. The molecular weight excluding hydrogens is 331 g/mol. The summed E-state index contributed by atoms with van der Waals surface area (Å²) in [6, 6.07) is 0. The van der Waals surface area contributed by atoms with Gasteiger partial charge in [-0.25, -0.2) is 0 Å². The van der Waals surface area contributed by atoms with Gasteiger partial charge < -0.3 is 0 Å². The Balaban J connectivity index is 2.69. The van der Waals surface area contributed by atoms with E-state index in [0.29, 0.717) is 0 Å². The van der Waals surface area contributed by atoms with Gasteiger partial charge in [0.25, 0.3) is 0 Å². The SMILES string of the molecule is CCC[CH2][Sn]([CH2]CCC)([CH2]CCC)[N]1NC=CO1. The molecule has 0 atom stereocenters. The molecule has 0 aromatic carbocycles. The van der Waals surface area contributed by atoms with Crippen LogP contribution >= 0.6 is 0 Å². The van der Waals surface area contributed by atoms with E-state index in [1.54, 1.807) is 6.26 Å². The van der Waals surface area contributed by atoms with Crippen molar-refractivity contribution in [3.63, 3.8) is 0 Å². The van der Waals surface area contributed by atoms with Crippen molar-refractivity contribution in [1.29, 1.82) is 0 Å². The molecular formula is C14H30N2OSn. The Bertz CT molecular complexity index is 216. The summed E-state index contributed by atoms with van der Waals surface area (Å²) in [7, 11) is 0. The topological polar surface area (TPSA) is 24.5 Å². The average Bonchev–Trinajstić information content (AvgIpc) is 2.93. The number of rotatable bonds is 10. The van der Waals surface area contributed by atoms with Gasteiger partial charge >= 0.3 is 117 Å². The molecule has 0 saturated carbocycles. The molecule has 0 spiro atoms. The van der Waals surface area contributed by atoms with Crippen LogP contribution in [0, 0.1) is 0 Å². The van der Waals surface area contributed by atoms with E-state index < -0.39 is 18.7 Å². The number of nitrogens with one attached hydrogen (secondary N) is 1. The predicted molar refractivity (Wildman–Crippen MR) is 80.1 cm³/mol. The summed E-state index contributed by atoms with van der Waals surface area (Å²) < 4.78 is 6.51. The summed E-state index contributed by atoms with van der Waals surface area (Å²) in [5, 5.41) is 0. The maximum atomic E-state index is 5.74. The van der Waals surface area contributed by atoms with Crippen molar-refractivity contribution < 1.29 is 4.84 Å². The predicted octanol–water partition coefficient (Wildman–Crippen LogP) is 4.56. The normalized spacial score (nSPS) is 15.7. The first kappa shape index (κ1) is 16.2. The average molecular weight is 361 g/mol. The van der Waals surface area contributed by atoms with Crippen LogP contribution in [-0.2, 0) is 4.84 Å². The maximum absolute atomic E-state index is 5.74. The van der Waals surface area contributed by atoms with E-state index in [1.165, 1.54) is 51.8 Å². The quantitative estimate of drug-likeness (QED) is 0.578. The van der Waals surface area contributed by atoms with Gasteiger partial charge in [0.1, 0.15) is 0 Å². The third-order valence-corrected chi connectivity index (χ3v) is 18.0. The second kappa shape index (κ2) is 9.07. The summed E-state index contributed by atoms with van der Waals surface area (Å²) in [5.74, 6) is 0. The van der Waals surface area contributed by atoms with Crippen molar-refractivity contribution >= 4 is 18.7 Å². The molecule has 1 aliphatic heterocycles. The Morgan fingerprint density at radius 2 is 1.44 bits per heavy atom. The summed E-state index contributed by atoms with van der Waals surface area (Å²) in [6.45, 7) is 6.90. The molecule has 1 heterocycles. The van der Waals surface area contributed by atoms with Crippen LogP contribution in [0.3, 0.4) is 0 Å². The van der Waals surface area contributed by atoms with Crippen molar-refractivity contribution in [2.24, 2.45) is 0 Å². The summed E-state index contributed by atoms with van der Waals surface area (Å²) >= 11 is -2.34. The minimum absolute atomic E-state index is 1.30. The van der Waals surface area contributed by atoms with Gasteiger partial charge in [-0.3, -0.25) is 0 Å². The molecule has 1 rings (SSSR count). The van der Waals surface area contributed by atoms with E-state index in [1.807, 2.05) is 6.20 Å². The zero-order valence-electron chi connectivity index (χ0n) is 12.4. The van der Waals surface area contributed by atoms with E-state index in [0.717, 1.165) is 0 Å². The van der Waals surface area contributed by atoms with Crippen molar-refractivity contribution in [2.75, 3.05) is 0 Å². The van der Waals surface area contributed by atoms with Crippen LogP contribution in [0.5, 0.6) is 0 Å². The fraction of sp³-hybridized carbons (Fsp3) is 0.857. The Morgan fingerprint density at radius 3 is 1.78 bits per heavy atom. The van der Waals surface area contributed by atoms with Gasteiger partial charge in [0.05, 0.1) is 0 Å². The van der Waals surface area contributed by atoms with Crippen LogP contribution < -0.4 is 5.43 Å². The molecule has 0 bridgehead atoms. The summed E-state index contributed by atoms with van der Waals surface area (Å²) in [5.41, 5.74) is 3.35. The van der Waals surface area contributed by atoms with Crippen LogP contribution in [0.2, 0.25) is 13.3 Å². The molecule has 0 aromatic heterocycles. The van der Waals surface area contributed by atoms with Gasteiger partial charge in [0.2, 0.25) is 0 Å². The minimum atomic E-state index is -2.34. The number of hydrogen-bond donors (Lipinski definition) is 1. The molecule has 0 aliphatic carbocycles. The number of hydrazine groups is 1. The van der Waals surface area contributed by atoms with E-state index in [4.69, 9.17) is 4.84 Å². The van der Waals surface area contributed by atoms with Crippen LogP contribution in [0.1, 0.15) is 59.3 Å². The van der Waals surface area contributed by atoms with Gasteiger partial charge in [-0.15, -0.1) is 0 Å². The molecule has 3 nitrogen and oxygen atoms in total. The van der Waals surface area contributed by atoms with Crippen LogP contribution in [0.15, 0.2) is 12.5 Å². The van der Waals surface area contributed by atoms with Gasteiger partial charge in [-0.2, -0.15) is 0 Å². The first-order valence-electron chi connectivity index (χ1n) is 7.67. The van der Waals surface area contributed by atoms with Crippen LogP contribution in [0.25, 0.3) is 0 Å². The Morgan fingerprint density at radius 1 is 0.944 bits per heavy atom. The van der Waals surface area contributed by atoms with Crippen molar-refractivity contribution in [2.45, 2.75) is 72.6 Å². The fourth-order valence-corrected chi connectivity index (χ4v) is 17.0. The fourth-order valence-electron chi connectivity index (χ4n) is 2.67. The van der Waals surface area contributed by atoms with Crippen molar-refractivity contribution in [3.8, 4) is 0 Å². The van der Waals surface area contributed by atoms with E-state index in [9.17, 15) is 0 Å². The number of hydrogen-bond acceptors (Lipinski definition) is 3. The first-order valence-corrected chi connectivity index (χ1v) is 15.0. The van der Waals surface area contributed by atoms with E-state index in [-0.39, 0.29) is 0 Å². The van der Waals surface area contributed by atoms with Gasteiger partial charge in [0.15, 0.2) is 0 Å². The molecule has 0 unspecified atom stereocenters. The van der Waals surface area contributed by atoms with Crippen molar-refractivity contribution in [1.82, 2.24) is 8.82 Å². The Hall–Kier alpha value is 0.0987. The number of unbranched alkanes of at least 4 members (excludes halogenated alkanes) is 3. The second-order valence-corrected chi connectivity index (χ2v) is 17.8. The molecule has 18 heavy (non-hydrogen) atoms. The van der Waals surface area contributed by atoms with E-state index >= 15 is 0 Å². The molecule has 0 radical (unpaired) electrons. The molecule has 0 saturated heterocycles. The molecule has 0 fully saturated rings. The zero-order chi connectivity index (χ0) is 13.3. The van der Waals surface area contributed by atoms with Crippen LogP contribution in [-0.4, -0.2) is 22.0 Å². The summed E-state index contributed by atoms with van der Waals surface area (Å²) in [6.07, 6.45) is 11.8. The monoisotopic (exact) mass is 362 g/mol. The van der Waals surface area contributed by atoms with Crippen LogP contribution in [0.4, 0.5) is 0 Å².